The molecule has 0 spiro atoms. The molecule has 0 saturated carbocycles. The van der Waals surface area contributed by atoms with Gasteiger partial charge in [-0.25, -0.2) is 0 Å². The molecule has 12 heavy (non-hydrogen) atoms. The summed E-state index contributed by atoms with van der Waals surface area (Å²) in [4.78, 5) is 0.696. The van der Waals surface area contributed by atoms with Gasteiger partial charge in [0, 0.05) is 5.02 Å². The van der Waals surface area contributed by atoms with Crippen LogP contribution in [0.1, 0.15) is 0 Å². The lowest BCUT2D eigenvalue weighted by atomic mass is 10.3. The quantitative estimate of drug-likeness (QED) is 0.668. The van der Waals surface area contributed by atoms with Gasteiger partial charge in [0.2, 0.25) is 0 Å². The predicted octanol–water partition coefficient (Wildman–Crippen LogP) is 1.74. The van der Waals surface area contributed by atoms with E-state index in [2.05, 4.69) is 10.3 Å². The van der Waals surface area contributed by atoms with Crippen molar-refractivity contribution < 1.29 is 5.21 Å². The zero-order valence-corrected chi connectivity index (χ0v) is 7.38. The number of benzene rings is 1. The molecule has 0 saturated heterocycles. The zero-order valence-electron chi connectivity index (χ0n) is 5.81. The molecule has 0 aliphatic carbocycles. The van der Waals surface area contributed by atoms with E-state index >= 15 is 0 Å². The number of halogens is 2. The molecular formula is C6H5Cl2N3O. The number of fused-ring (bicyclic) bond motifs is 1. The Bertz CT molecular complexity index is 401. The molecule has 0 aliphatic heterocycles. The third kappa shape index (κ3) is 1.31. The molecule has 64 valence electrons. The summed E-state index contributed by atoms with van der Waals surface area (Å²) in [5.41, 5.74) is 1.13. The zero-order chi connectivity index (χ0) is 7.84. The van der Waals surface area contributed by atoms with Gasteiger partial charge in [-0.15, -0.1) is 17.5 Å². The van der Waals surface area contributed by atoms with Gasteiger partial charge < -0.3 is 5.21 Å². The summed E-state index contributed by atoms with van der Waals surface area (Å²) < 4.78 is 0. The first-order valence-corrected chi connectivity index (χ1v) is 3.35. The van der Waals surface area contributed by atoms with Crippen molar-refractivity contribution >= 4 is 35.0 Å². The lowest BCUT2D eigenvalue weighted by Gasteiger charge is -1.89. The highest BCUT2D eigenvalue weighted by molar-refractivity contribution is 6.31. The lowest BCUT2D eigenvalue weighted by molar-refractivity contribution is 0.155. The third-order valence-corrected chi connectivity index (χ3v) is 1.63. The highest BCUT2D eigenvalue weighted by Gasteiger charge is 2.01. The molecule has 6 heteroatoms. The maximum atomic E-state index is 9.02. The molecule has 1 aromatic heterocycles. The van der Waals surface area contributed by atoms with E-state index < -0.39 is 0 Å². The smallest absolute Gasteiger partial charge is 0.132 e. The van der Waals surface area contributed by atoms with E-state index in [1.54, 1.807) is 18.2 Å². The molecule has 2 rings (SSSR count). The average molecular weight is 206 g/mol. The first kappa shape index (κ1) is 9.09. The number of hydrogen-bond donors (Lipinski definition) is 1. The largest absolute Gasteiger partial charge is 0.410 e. The van der Waals surface area contributed by atoms with E-state index in [-0.39, 0.29) is 12.4 Å². The monoisotopic (exact) mass is 205 g/mol. The molecule has 4 nitrogen and oxygen atoms in total. The van der Waals surface area contributed by atoms with Crippen molar-refractivity contribution in [3.8, 4) is 0 Å². The van der Waals surface area contributed by atoms with Crippen LogP contribution in [0.25, 0.3) is 11.0 Å². The normalized spacial score (nSPS) is 9.75. The number of rotatable bonds is 0. The maximum Gasteiger partial charge on any atom is 0.132 e. The SMILES string of the molecule is Cl.On1nnc2ccc(Cl)cc21. The second kappa shape index (κ2) is 3.16. The molecule has 0 atom stereocenters. The number of aromatic nitrogens is 3. The van der Waals surface area contributed by atoms with E-state index in [0.29, 0.717) is 20.9 Å². The third-order valence-electron chi connectivity index (χ3n) is 1.39. The van der Waals surface area contributed by atoms with Crippen LogP contribution in [-0.2, 0) is 0 Å². The summed E-state index contributed by atoms with van der Waals surface area (Å²) in [5.74, 6) is 0. The molecule has 1 aromatic carbocycles. The molecule has 0 amide bonds. The van der Waals surface area contributed by atoms with Crippen LogP contribution in [0.3, 0.4) is 0 Å². The first-order chi connectivity index (χ1) is 5.27. The molecule has 0 unspecified atom stereocenters. The Kier molecular flexibility index (Phi) is 2.40. The summed E-state index contributed by atoms with van der Waals surface area (Å²) >= 11 is 5.67. The fourth-order valence-electron chi connectivity index (χ4n) is 0.880. The van der Waals surface area contributed by atoms with E-state index in [1.165, 1.54) is 0 Å². The minimum absolute atomic E-state index is 0. The fraction of sp³-hybridized carbons (Fsp3) is 0. The van der Waals surface area contributed by atoms with E-state index in [9.17, 15) is 0 Å². The van der Waals surface area contributed by atoms with Gasteiger partial charge in [0.1, 0.15) is 11.0 Å². The molecule has 2 aromatic rings. The van der Waals surface area contributed by atoms with Crippen LogP contribution >= 0.6 is 24.0 Å². The van der Waals surface area contributed by atoms with Crippen molar-refractivity contribution in [2.45, 2.75) is 0 Å². The molecule has 0 fully saturated rings. The topological polar surface area (TPSA) is 50.9 Å². The molecule has 1 heterocycles. The fourth-order valence-corrected chi connectivity index (χ4v) is 1.05. The average Bonchev–Trinajstić information content (AvgIpc) is 2.33. The van der Waals surface area contributed by atoms with Gasteiger partial charge in [0.25, 0.3) is 0 Å². The lowest BCUT2D eigenvalue weighted by Crippen LogP contribution is -1.90. The van der Waals surface area contributed by atoms with Crippen LogP contribution < -0.4 is 0 Å². The summed E-state index contributed by atoms with van der Waals surface area (Å²) in [6.45, 7) is 0. The van der Waals surface area contributed by atoms with Crippen LogP contribution in [0.2, 0.25) is 5.02 Å². The summed E-state index contributed by atoms with van der Waals surface area (Å²) in [7, 11) is 0. The molecular weight excluding hydrogens is 201 g/mol. The van der Waals surface area contributed by atoms with Gasteiger partial charge in [-0.2, -0.15) is 0 Å². The summed E-state index contributed by atoms with van der Waals surface area (Å²) in [6, 6.07) is 4.98. The second-order valence-corrected chi connectivity index (χ2v) is 2.55. The number of nitrogens with zero attached hydrogens (tertiary/aromatic N) is 3. The standard InChI is InChI=1S/C6H4ClN3O.ClH/c7-4-1-2-5-6(3-4)10(11)9-8-5;/h1-3,11H;1H. The van der Waals surface area contributed by atoms with Crippen LogP contribution in [0.5, 0.6) is 0 Å². The Morgan fingerprint density at radius 1 is 1.42 bits per heavy atom. The molecule has 0 bridgehead atoms. The van der Waals surface area contributed by atoms with Crippen LogP contribution in [0, 0.1) is 0 Å². The van der Waals surface area contributed by atoms with Gasteiger partial charge in [-0.3, -0.25) is 0 Å². The second-order valence-electron chi connectivity index (χ2n) is 2.11. The van der Waals surface area contributed by atoms with Crippen LogP contribution in [0.15, 0.2) is 18.2 Å². The number of hydrogen-bond acceptors (Lipinski definition) is 3. The Balaban J connectivity index is 0.000000720. The Labute approximate surface area is 79.1 Å². The summed E-state index contributed by atoms with van der Waals surface area (Å²) in [5, 5.41) is 16.6. The Morgan fingerprint density at radius 3 is 2.92 bits per heavy atom. The maximum absolute atomic E-state index is 9.02. The predicted molar refractivity (Wildman–Crippen MR) is 47.0 cm³/mol. The van der Waals surface area contributed by atoms with E-state index in [4.69, 9.17) is 16.8 Å². The minimum Gasteiger partial charge on any atom is -0.410 e. The van der Waals surface area contributed by atoms with Gasteiger partial charge >= 0.3 is 0 Å². The van der Waals surface area contributed by atoms with Crippen molar-refractivity contribution in [2.24, 2.45) is 0 Å². The van der Waals surface area contributed by atoms with Crippen molar-refractivity contribution in [1.82, 2.24) is 15.2 Å². The van der Waals surface area contributed by atoms with Gasteiger partial charge in [-0.05, 0) is 23.4 Å². The van der Waals surface area contributed by atoms with Crippen LogP contribution in [0.4, 0.5) is 0 Å². The molecule has 1 N–H and O–H groups in total. The van der Waals surface area contributed by atoms with Crippen molar-refractivity contribution in [3.05, 3.63) is 23.2 Å². The summed E-state index contributed by atoms with van der Waals surface area (Å²) in [6.07, 6.45) is 0. The van der Waals surface area contributed by atoms with Gasteiger partial charge in [-0.1, -0.05) is 16.4 Å². The highest BCUT2D eigenvalue weighted by Crippen LogP contribution is 2.15. The highest BCUT2D eigenvalue weighted by atomic mass is 35.5. The van der Waals surface area contributed by atoms with Crippen molar-refractivity contribution in [3.63, 3.8) is 0 Å². The molecule has 0 aliphatic rings. The van der Waals surface area contributed by atoms with E-state index in [1.807, 2.05) is 0 Å². The molecule has 0 radical (unpaired) electrons. The van der Waals surface area contributed by atoms with Gasteiger partial charge in [0.05, 0.1) is 0 Å². The van der Waals surface area contributed by atoms with E-state index in [0.717, 1.165) is 0 Å². The van der Waals surface area contributed by atoms with Crippen LogP contribution in [-0.4, -0.2) is 20.4 Å². The Morgan fingerprint density at radius 2 is 2.17 bits per heavy atom. The van der Waals surface area contributed by atoms with Gasteiger partial charge in [0.15, 0.2) is 0 Å². The first-order valence-electron chi connectivity index (χ1n) is 2.97. The Hall–Kier alpha value is -1.00. The minimum atomic E-state index is 0. The van der Waals surface area contributed by atoms with Crippen molar-refractivity contribution in [1.29, 1.82) is 0 Å². The van der Waals surface area contributed by atoms with Crippen molar-refractivity contribution in [2.75, 3.05) is 0 Å².